The van der Waals surface area contributed by atoms with Gasteiger partial charge >= 0.3 is 0 Å². The first kappa shape index (κ1) is 17.2. The maximum absolute atomic E-state index is 11.8. The number of carbonyl (C=O) groups is 1. The van der Waals surface area contributed by atoms with Crippen molar-refractivity contribution < 1.29 is 9.53 Å². The summed E-state index contributed by atoms with van der Waals surface area (Å²) in [5.74, 6) is 0.618. The Labute approximate surface area is 144 Å². The summed E-state index contributed by atoms with van der Waals surface area (Å²) in [5.41, 5.74) is 7.20. The quantitative estimate of drug-likeness (QED) is 0.563. The number of hydrazine groups is 1. The first-order valence-corrected chi connectivity index (χ1v) is 8.22. The Morgan fingerprint density at radius 2 is 2.04 bits per heavy atom. The van der Waals surface area contributed by atoms with Gasteiger partial charge < -0.3 is 10.1 Å². The van der Waals surface area contributed by atoms with E-state index in [0.29, 0.717) is 11.7 Å². The number of nitrogens with zero attached hydrogens (tertiary/aromatic N) is 1. The molecule has 3 N–H and O–H groups in total. The van der Waals surface area contributed by atoms with E-state index in [1.165, 1.54) is 11.3 Å². The number of amides is 1. The second-order valence-electron chi connectivity index (χ2n) is 4.76. The van der Waals surface area contributed by atoms with E-state index < -0.39 is 0 Å². The third-order valence-electron chi connectivity index (χ3n) is 2.91. The van der Waals surface area contributed by atoms with Gasteiger partial charge in [-0.05, 0) is 36.8 Å². The van der Waals surface area contributed by atoms with Gasteiger partial charge in [0.1, 0.15) is 10.8 Å². The highest BCUT2D eigenvalue weighted by atomic mass is 32.1. The normalized spacial score (nSPS) is 10.0. The molecule has 0 radical (unpaired) electrons. The number of thiocarbonyl (C=S) groups is 1. The Morgan fingerprint density at radius 3 is 2.65 bits per heavy atom. The summed E-state index contributed by atoms with van der Waals surface area (Å²) in [6.45, 7) is 2.45. The number of hydrogen-bond donors (Lipinski definition) is 3. The summed E-state index contributed by atoms with van der Waals surface area (Å²) in [7, 11) is 1.63. The van der Waals surface area contributed by atoms with Crippen molar-refractivity contribution in [3.8, 4) is 5.75 Å². The van der Waals surface area contributed by atoms with E-state index in [0.717, 1.165) is 22.0 Å². The van der Waals surface area contributed by atoms with Crippen LogP contribution in [0.4, 0.5) is 0 Å². The molecule has 0 saturated carbocycles. The number of methoxy groups -OCH3 is 1. The van der Waals surface area contributed by atoms with Crippen LogP contribution in [-0.2, 0) is 17.8 Å². The van der Waals surface area contributed by atoms with Crippen LogP contribution in [0.1, 0.15) is 16.3 Å². The van der Waals surface area contributed by atoms with Crippen LogP contribution in [-0.4, -0.2) is 23.1 Å². The Bertz CT molecular complexity index is 670. The molecule has 2 rings (SSSR count). The van der Waals surface area contributed by atoms with Crippen LogP contribution >= 0.6 is 23.6 Å². The molecule has 0 unspecified atom stereocenters. The molecule has 0 aliphatic carbocycles. The van der Waals surface area contributed by atoms with Gasteiger partial charge in [-0.2, -0.15) is 0 Å². The van der Waals surface area contributed by atoms with Gasteiger partial charge in [0.25, 0.3) is 0 Å². The van der Waals surface area contributed by atoms with Crippen molar-refractivity contribution in [2.24, 2.45) is 0 Å². The second-order valence-corrected chi connectivity index (χ2v) is 6.11. The molecule has 23 heavy (non-hydrogen) atoms. The lowest BCUT2D eigenvalue weighted by molar-refractivity contribution is -0.121. The number of thiazole rings is 1. The summed E-state index contributed by atoms with van der Waals surface area (Å²) in [6, 6.07) is 7.65. The molecule has 122 valence electrons. The standard InChI is InChI=1S/C15H18N4O2S2/c1-10-9-23-14(17-10)7-13(20)18-19-15(22)16-8-11-3-5-12(21-2)6-4-11/h3-6,9H,7-8H2,1-2H3,(H,18,20)(H2,16,19,22). The van der Waals surface area contributed by atoms with Gasteiger partial charge in [0.05, 0.1) is 13.5 Å². The van der Waals surface area contributed by atoms with E-state index in [-0.39, 0.29) is 12.3 Å². The van der Waals surface area contributed by atoms with E-state index in [1.54, 1.807) is 7.11 Å². The van der Waals surface area contributed by atoms with Crippen LogP contribution in [0.5, 0.6) is 5.75 Å². The van der Waals surface area contributed by atoms with Crippen LogP contribution < -0.4 is 20.9 Å². The molecule has 2 aromatic rings. The predicted octanol–water partition coefficient (Wildman–Crippen LogP) is 1.70. The zero-order valence-electron chi connectivity index (χ0n) is 12.9. The molecule has 6 nitrogen and oxygen atoms in total. The zero-order valence-corrected chi connectivity index (χ0v) is 14.5. The van der Waals surface area contributed by atoms with Crippen molar-refractivity contribution in [3.05, 3.63) is 45.9 Å². The van der Waals surface area contributed by atoms with E-state index in [9.17, 15) is 4.79 Å². The summed E-state index contributed by atoms with van der Waals surface area (Å²) in [6.07, 6.45) is 0.229. The molecule has 1 aromatic heterocycles. The Hall–Kier alpha value is -2.19. The molecule has 0 atom stereocenters. The molecule has 0 bridgehead atoms. The molecule has 1 aromatic carbocycles. The number of aromatic nitrogens is 1. The minimum absolute atomic E-state index is 0.187. The monoisotopic (exact) mass is 350 g/mol. The first-order chi connectivity index (χ1) is 11.1. The maximum Gasteiger partial charge on any atom is 0.245 e. The Morgan fingerprint density at radius 1 is 1.30 bits per heavy atom. The number of hydrogen-bond acceptors (Lipinski definition) is 5. The minimum atomic E-state index is -0.187. The van der Waals surface area contributed by atoms with E-state index >= 15 is 0 Å². The maximum atomic E-state index is 11.8. The van der Waals surface area contributed by atoms with Crippen LogP contribution in [0.2, 0.25) is 0 Å². The average Bonchev–Trinajstić information content (AvgIpc) is 2.96. The molecule has 8 heteroatoms. The fraction of sp³-hybridized carbons (Fsp3) is 0.267. The molecule has 0 fully saturated rings. The van der Waals surface area contributed by atoms with Gasteiger partial charge in [0.2, 0.25) is 5.91 Å². The van der Waals surface area contributed by atoms with Gasteiger partial charge in [-0.25, -0.2) is 4.98 Å². The predicted molar refractivity (Wildman–Crippen MR) is 94.3 cm³/mol. The fourth-order valence-corrected chi connectivity index (χ4v) is 2.66. The topological polar surface area (TPSA) is 75.3 Å². The number of rotatable bonds is 5. The van der Waals surface area contributed by atoms with Crippen molar-refractivity contribution in [1.29, 1.82) is 0 Å². The third-order valence-corrected chi connectivity index (χ3v) is 4.12. The van der Waals surface area contributed by atoms with E-state index in [4.69, 9.17) is 17.0 Å². The van der Waals surface area contributed by atoms with Gasteiger partial charge in [0, 0.05) is 17.6 Å². The highest BCUT2D eigenvalue weighted by Crippen LogP contribution is 2.11. The molecule has 0 saturated heterocycles. The Balaban J connectivity index is 1.68. The first-order valence-electron chi connectivity index (χ1n) is 6.93. The zero-order chi connectivity index (χ0) is 16.7. The summed E-state index contributed by atoms with van der Waals surface area (Å²) < 4.78 is 5.10. The highest BCUT2D eigenvalue weighted by molar-refractivity contribution is 7.80. The van der Waals surface area contributed by atoms with E-state index in [2.05, 4.69) is 21.2 Å². The third kappa shape index (κ3) is 5.84. The number of ether oxygens (including phenoxy) is 1. The highest BCUT2D eigenvalue weighted by Gasteiger charge is 2.07. The van der Waals surface area contributed by atoms with Crippen LogP contribution in [0.3, 0.4) is 0 Å². The lowest BCUT2D eigenvalue weighted by Crippen LogP contribution is -2.47. The number of aryl methyl sites for hydroxylation is 1. The van der Waals surface area contributed by atoms with Crippen LogP contribution in [0.25, 0.3) is 0 Å². The number of carbonyl (C=O) groups excluding carboxylic acids is 1. The lowest BCUT2D eigenvalue weighted by Gasteiger charge is -2.11. The molecular formula is C15H18N4O2S2. The van der Waals surface area contributed by atoms with Crippen LogP contribution in [0, 0.1) is 6.92 Å². The lowest BCUT2D eigenvalue weighted by atomic mass is 10.2. The summed E-state index contributed by atoms with van der Waals surface area (Å²) in [5, 5.41) is 6.05. The molecule has 0 spiro atoms. The molecule has 1 amide bonds. The second kappa shape index (κ2) is 8.44. The fourth-order valence-electron chi connectivity index (χ4n) is 1.76. The average molecular weight is 350 g/mol. The van der Waals surface area contributed by atoms with Crippen molar-refractivity contribution in [2.75, 3.05) is 7.11 Å². The van der Waals surface area contributed by atoms with Gasteiger partial charge in [-0.3, -0.25) is 15.6 Å². The smallest absolute Gasteiger partial charge is 0.245 e. The molecule has 0 aliphatic heterocycles. The molecule has 0 aliphatic rings. The van der Waals surface area contributed by atoms with Gasteiger partial charge in [-0.1, -0.05) is 12.1 Å². The van der Waals surface area contributed by atoms with Crippen LogP contribution in [0.15, 0.2) is 29.6 Å². The molecule has 1 heterocycles. The van der Waals surface area contributed by atoms with Gasteiger partial charge in [0.15, 0.2) is 5.11 Å². The van der Waals surface area contributed by atoms with Crippen molar-refractivity contribution in [3.63, 3.8) is 0 Å². The SMILES string of the molecule is COc1ccc(CNC(=S)NNC(=O)Cc2nc(C)cs2)cc1. The Kier molecular flexibility index (Phi) is 6.30. The number of benzene rings is 1. The minimum Gasteiger partial charge on any atom is -0.497 e. The van der Waals surface area contributed by atoms with E-state index in [1.807, 2.05) is 36.6 Å². The summed E-state index contributed by atoms with van der Waals surface area (Å²) in [4.78, 5) is 16.0. The van der Waals surface area contributed by atoms with Crippen molar-refractivity contribution in [2.45, 2.75) is 19.9 Å². The molecular weight excluding hydrogens is 332 g/mol. The van der Waals surface area contributed by atoms with Crippen molar-refractivity contribution >= 4 is 34.6 Å². The largest absolute Gasteiger partial charge is 0.497 e. The number of nitrogens with one attached hydrogen (secondary N) is 3. The van der Waals surface area contributed by atoms with Gasteiger partial charge in [-0.15, -0.1) is 11.3 Å². The van der Waals surface area contributed by atoms with Crippen molar-refractivity contribution in [1.82, 2.24) is 21.2 Å². The summed E-state index contributed by atoms with van der Waals surface area (Å²) >= 11 is 6.58.